The van der Waals surface area contributed by atoms with Crippen LogP contribution in [0.4, 0.5) is 0 Å². The van der Waals surface area contributed by atoms with Gasteiger partial charge in [-0.3, -0.25) is 0 Å². The van der Waals surface area contributed by atoms with E-state index in [1.165, 1.54) is 12.1 Å². The second kappa shape index (κ2) is 5.26. The zero-order chi connectivity index (χ0) is 15.0. The van der Waals surface area contributed by atoms with E-state index in [4.69, 9.17) is 15.2 Å². The lowest BCUT2D eigenvalue weighted by Crippen LogP contribution is -2.41. The summed E-state index contributed by atoms with van der Waals surface area (Å²) in [5, 5.41) is 0. The van der Waals surface area contributed by atoms with Crippen LogP contribution in [0.25, 0.3) is 0 Å². The van der Waals surface area contributed by atoms with Gasteiger partial charge in [-0.25, -0.2) is 8.42 Å². The number of ether oxygens (including phenoxy) is 2. The summed E-state index contributed by atoms with van der Waals surface area (Å²) < 4.78 is 35.6. The predicted octanol–water partition coefficient (Wildman–Crippen LogP) is 1.60. The lowest BCUT2D eigenvalue weighted by atomic mass is 9.89. The lowest BCUT2D eigenvalue weighted by Gasteiger charge is -2.27. The molecule has 0 aromatic heterocycles. The standard InChI is InChI=1S/C14H21NO4S/c1-14(2,3)13(15)9-20(16,17)10-4-5-11-12(8-10)19-7-6-18-11/h4-5,8,13H,6-7,9,15H2,1-3H3. The highest BCUT2D eigenvalue weighted by Crippen LogP contribution is 2.33. The number of hydrogen-bond acceptors (Lipinski definition) is 5. The first-order valence-corrected chi connectivity index (χ1v) is 8.23. The summed E-state index contributed by atoms with van der Waals surface area (Å²) in [5.74, 6) is 0.966. The van der Waals surface area contributed by atoms with Crippen molar-refractivity contribution in [3.63, 3.8) is 0 Å². The fourth-order valence-electron chi connectivity index (χ4n) is 1.80. The molecule has 1 unspecified atom stereocenters. The third-order valence-corrected chi connectivity index (χ3v) is 5.15. The number of nitrogens with two attached hydrogens (primary N) is 1. The van der Waals surface area contributed by atoms with Crippen LogP contribution in [-0.4, -0.2) is 33.4 Å². The van der Waals surface area contributed by atoms with Crippen LogP contribution in [0.3, 0.4) is 0 Å². The molecular formula is C14H21NO4S. The molecule has 5 nitrogen and oxygen atoms in total. The Morgan fingerprint density at radius 2 is 1.80 bits per heavy atom. The molecule has 1 atom stereocenters. The zero-order valence-corrected chi connectivity index (χ0v) is 12.9. The summed E-state index contributed by atoms with van der Waals surface area (Å²) in [6, 6.07) is 4.25. The molecule has 0 amide bonds. The third-order valence-electron chi connectivity index (χ3n) is 3.38. The van der Waals surface area contributed by atoms with Gasteiger partial charge in [-0.05, 0) is 17.5 Å². The molecule has 1 aliphatic rings. The van der Waals surface area contributed by atoms with Gasteiger partial charge >= 0.3 is 0 Å². The third kappa shape index (κ3) is 3.24. The molecule has 0 saturated carbocycles. The molecule has 1 aliphatic heterocycles. The quantitative estimate of drug-likeness (QED) is 0.917. The minimum absolute atomic E-state index is 0.0872. The summed E-state index contributed by atoms with van der Waals surface area (Å²) in [7, 11) is -3.44. The average Bonchev–Trinajstić information content (AvgIpc) is 2.36. The van der Waals surface area contributed by atoms with Gasteiger partial charge in [0.25, 0.3) is 0 Å². The molecule has 0 spiro atoms. The number of benzene rings is 1. The average molecular weight is 299 g/mol. The monoisotopic (exact) mass is 299 g/mol. The summed E-state index contributed by atoms with van der Waals surface area (Å²) in [6.45, 7) is 6.69. The first-order valence-electron chi connectivity index (χ1n) is 6.58. The van der Waals surface area contributed by atoms with Crippen molar-refractivity contribution in [2.24, 2.45) is 11.1 Å². The molecule has 6 heteroatoms. The maximum Gasteiger partial charge on any atom is 0.180 e. The second-order valence-corrected chi connectivity index (χ2v) is 8.09. The maximum absolute atomic E-state index is 12.4. The Balaban J connectivity index is 2.26. The predicted molar refractivity (Wildman–Crippen MR) is 76.9 cm³/mol. The van der Waals surface area contributed by atoms with E-state index in [-0.39, 0.29) is 16.1 Å². The zero-order valence-electron chi connectivity index (χ0n) is 12.0. The number of hydrogen-bond donors (Lipinski definition) is 1. The van der Waals surface area contributed by atoms with Crippen molar-refractivity contribution in [3.05, 3.63) is 18.2 Å². The van der Waals surface area contributed by atoms with Gasteiger partial charge in [0, 0.05) is 12.1 Å². The fraction of sp³-hybridized carbons (Fsp3) is 0.571. The fourth-order valence-corrected chi connectivity index (χ4v) is 3.53. The summed E-state index contributed by atoms with van der Waals surface area (Å²) in [5.41, 5.74) is 5.71. The second-order valence-electron chi connectivity index (χ2n) is 6.06. The van der Waals surface area contributed by atoms with Crippen molar-refractivity contribution in [3.8, 4) is 11.5 Å². The van der Waals surface area contributed by atoms with Gasteiger partial charge in [0.05, 0.1) is 10.6 Å². The Kier molecular flexibility index (Phi) is 3.97. The van der Waals surface area contributed by atoms with E-state index in [1.54, 1.807) is 6.07 Å². The van der Waals surface area contributed by atoms with Crippen molar-refractivity contribution >= 4 is 9.84 Å². The van der Waals surface area contributed by atoms with Crippen molar-refractivity contribution in [1.29, 1.82) is 0 Å². The van der Waals surface area contributed by atoms with Crippen LogP contribution in [0, 0.1) is 5.41 Å². The Morgan fingerprint density at radius 3 is 2.40 bits per heavy atom. The Bertz CT molecular complexity index is 590. The van der Waals surface area contributed by atoms with Gasteiger partial charge in [0.15, 0.2) is 21.3 Å². The Labute approximate surface area is 120 Å². The lowest BCUT2D eigenvalue weighted by molar-refractivity contribution is 0.171. The molecule has 1 aromatic rings. The molecule has 1 aromatic carbocycles. The van der Waals surface area contributed by atoms with Crippen molar-refractivity contribution in [1.82, 2.24) is 0 Å². The molecule has 1 heterocycles. The van der Waals surface area contributed by atoms with Gasteiger partial charge in [-0.1, -0.05) is 20.8 Å². The van der Waals surface area contributed by atoms with E-state index in [0.29, 0.717) is 24.7 Å². The van der Waals surface area contributed by atoms with Crippen molar-refractivity contribution in [2.75, 3.05) is 19.0 Å². The summed E-state index contributed by atoms with van der Waals surface area (Å²) >= 11 is 0. The van der Waals surface area contributed by atoms with Crippen molar-refractivity contribution < 1.29 is 17.9 Å². The number of rotatable bonds is 3. The molecule has 0 bridgehead atoms. The van der Waals surface area contributed by atoms with Crippen LogP contribution < -0.4 is 15.2 Å². The number of sulfone groups is 1. The minimum Gasteiger partial charge on any atom is -0.486 e. The molecule has 2 N–H and O–H groups in total. The van der Waals surface area contributed by atoms with Gasteiger partial charge in [-0.2, -0.15) is 0 Å². The minimum atomic E-state index is -3.44. The Hall–Kier alpha value is -1.27. The van der Waals surface area contributed by atoms with Gasteiger partial charge in [0.1, 0.15) is 13.2 Å². The summed E-state index contributed by atoms with van der Waals surface area (Å²) in [4.78, 5) is 0.224. The molecule has 0 saturated heterocycles. The first-order chi connectivity index (χ1) is 9.20. The van der Waals surface area contributed by atoms with Crippen LogP contribution in [-0.2, 0) is 9.84 Å². The van der Waals surface area contributed by atoms with Crippen molar-refractivity contribution in [2.45, 2.75) is 31.7 Å². The molecule has 2 rings (SSSR count). The molecule has 20 heavy (non-hydrogen) atoms. The number of fused-ring (bicyclic) bond motifs is 1. The first kappa shape index (κ1) is 15.1. The highest BCUT2D eigenvalue weighted by Gasteiger charge is 2.28. The molecule has 112 valence electrons. The van der Waals surface area contributed by atoms with E-state index < -0.39 is 15.9 Å². The van der Waals surface area contributed by atoms with Gasteiger partial charge < -0.3 is 15.2 Å². The van der Waals surface area contributed by atoms with E-state index >= 15 is 0 Å². The topological polar surface area (TPSA) is 78.6 Å². The maximum atomic E-state index is 12.4. The molecule has 0 radical (unpaired) electrons. The highest BCUT2D eigenvalue weighted by molar-refractivity contribution is 7.91. The van der Waals surface area contributed by atoms with Crippen LogP contribution in [0.5, 0.6) is 11.5 Å². The van der Waals surface area contributed by atoms with E-state index in [2.05, 4.69) is 0 Å². The highest BCUT2D eigenvalue weighted by atomic mass is 32.2. The van der Waals surface area contributed by atoms with Gasteiger partial charge in [0.2, 0.25) is 0 Å². The van der Waals surface area contributed by atoms with Gasteiger partial charge in [-0.15, -0.1) is 0 Å². The largest absolute Gasteiger partial charge is 0.486 e. The van der Waals surface area contributed by atoms with E-state index in [1.807, 2.05) is 20.8 Å². The Morgan fingerprint density at radius 1 is 1.20 bits per heavy atom. The van der Waals surface area contributed by atoms with Crippen LogP contribution in [0.1, 0.15) is 20.8 Å². The molecule has 0 fully saturated rings. The smallest absolute Gasteiger partial charge is 0.180 e. The van der Waals surface area contributed by atoms with Crippen LogP contribution in [0.2, 0.25) is 0 Å². The SMILES string of the molecule is CC(C)(C)C(N)CS(=O)(=O)c1ccc2c(c1)OCCO2. The van der Waals surface area contributed by atoms with E-state index in [9.17, 15) is 8.42 Å². The summed E-state index contributed by atoms with van der Waals surface area (Å²) in [6.07, 6.45) is 0. The normalized spacial score (nSPS) is 16.8. The molecular weight excluding hydrogens is 278 g/mol. The van der Waals surface area contributed by atoms with Crippen LogP contribution >= 0.6 is 0 Å². The van der Waals surface area contributed by atoms with Crippen LogP contribution in [0.15, 0.2) is 23.1 Å². The van der Waals surface area contributed by atoms with E-state index in [0.717, 1.165) is 0 Å². The molecule has 0 aliphatic carbocycles.